The number of halogens is 1. The fourth-order valence-corrected chi connectivity index (χ4v) is 4.91. The maximum atomic E-state index is 13.8. The second kappa shape index (κ2) is 9.71. The van der Waals surface area contributed by atoms with E-state index in [-0.39, 0.29) is 23.7 Å². The molecule has 1 unspecified atom stereocenters. The molecule has 7 nitrogen and oxygen atoms in total. The fourth-order valence-electron chi connectivity index (χ4n) is 4.53. The molecule has 0 saturated heterocycles. The number of furan rings is 1. The Morgan fingerprint density at radius 3 is 2.51 bits per heavy atom. The highest BCUT2D eigenvalue weighted by Gasteiger charge is 2.45. The molecule has 3 aromatic carbocycles. The molecule has 8 heteroatoms. The van der Waals surface area contributed by atoms with E-state index < -0.39 is 23.5 Å². The predicted octanol–water partition coefficient (Wildman–Crippen LogP) is 6.00. The lowest BCUT2D eigenvalue weighted by Gasteiger charge is -2.27. The summed E-state index contributed by atoms with van der Waals surface area (Å²) in [4.78, 5) is 40.2. The third-order valence-electron chi connectivity index (χ3n) is 6.30. The van der Waals surface area contributed by atoms with Crippen molar-refractivity contribution in [2.24, 2.45) is 0 Å². The van der Waals surface area contributed by atoms with Crippen LogP contribution in [0.4, 0.5) is 5.69 Å². The van der Waals surface area contributed by atoms with Gasteiger partial charge in [0, 0.05) is 15.5 Å². The zero-order valence-electron chi connectivity index (χ0n) is 20.0. The molecule has 4 aromatic rings. The maximum absolute atomic E-state index is 13.8. The SMILES string of the molecule is COC(=O)Cc1ccc(N2C(=O)C(O)=C(C(=O)c3cc4cc(Br)ccc4o3)C2c2cccc(C)c2)cc1. The summed E-state index contributed by atoms with van der Waals surface area (Å²) in [6.07, 6.45) is 0.0848. The maximum Gasteiger partial charge on any atom is 0.309 e. The van der Waals surface area contributed by atoms with Crippen LogP contribution in [0.1, 0.15) is 33.3 Å². The first-order valence-electron chi connectivity index (χ1n) is 11.5. The summed E-state index contributed by atoms with van der Waals surface area (Å²) in [5, 5.41) is 11.7. The van der Waals surface area contributed by atoms with Gasteiger partial charge in [0.25, 0.3) is 5.91 Å². The second-order valence-electron chi connectivity index (χ2n) is 8.80. The van der Waals surface area contributed by atoms with E-state index in [1.807, 2.05) is 37.3 Å². The Morgan fingerprint density at radius 2 is 1.81 bits per heavy atom. The highest BCUT2D eigenvalue weighted by Crippen LogP contribution is 2.42. The summed E-state index contributed by atoms with van der Waals surface area (Å²) < 4.78 is 11.4. The first-order chi connectivity index (χ1) is 17.8. The van der Waals surface area contributed by atoms with E-state index in [0.29, 0.717) is 27.8 Å². The highest BCUT2D eigenvalue weighted by molar-refractivity contribution is 9.10. The number of carbonyl (C=O) groups excluding carboxylic acids is 3. The topological polar surface area (TPSA) is 97.0 Å². The minimum Gasteiger partial charge on any atom is -0.503 e. The minimum absolute atomic E-state index is 0.0235. The van der Waals surface area contributed by atoms with E-state index in [0.717, 1.165) is 10.0 Å². The average molecular weight is 560 g/mol. The molecule has 0 bridgehead atoms. The number of hydrogen-bond donors (Lipinski definition) is 1. The van der Waals surface area contributed by atoms with Crippen LogP contribution in [0.5, 0.6) is 0 Å². The van der Waals surface area contributed by atoms with Gasteiger partial charge in [-0.1, -0.05) is 57.9 Å². The van der Waals surface area contributed by atoms with Crippen molar-refractivity contribution in [2.45, 2.75) is 19.4 Å². The number of aryl methyl sites for hydroxylation is 1. The van der Waals surface area contributed by atoms with E-state index in [1.165, 1.54) is 12.0 Å². The van der Waals surface area contributed by atoms with Gasteiger partial charge in [-0.05, 0) is 54.4 Å². The Balaban J connectivity index is 1.59. The van der Waals surface area contributed by atoms with Gasteiger partial charge in [-0.15, -0.1) is 0 Å². The monoisotopic (exact) mass is 559 g/mol. The smallest absolute Gasteiger partial charge is 0.309 e. The van der Waals surface area contributed by atoms with Crippen LogP contribution >= 0.6 is 15.9 Å². The van der Waals surface area contributed by atoms with Crippen LogP contribution in [0, 0.1) is 6.92 Å². The molecule has 0 spiro atoms. The van der Waals surface area contributed by atoms with Crippen LogP contribution in [0.2, 0.25) is 0 Å². The third-order valence-corrected chi connectivity index (χ3v) is 6.80. The number of ketones is 1. The predicted molar refractivity (Wildman–Crippen MR) is 141 cm³/mol. The largest absolute Gasteiger partial charge is 0.503 e. The summed E-state index contributed by atoms with van der Waals surface area (Å²) in [5.41, 5.74) is 3.22. The molecule has 1 aliphatic rings. The standard InChI is InChI=1S/C29H22BrNO6/c1-16-4-3-5-18(12-16)26-25(27(33)23-15-19-14-20(30)8-11-22(19)37-23)28(34)29(35)31(26)21-9-6-17(7-10-21)13-24(32)36-2/h3-12,14-15,26,34H,13H2,1-2H3. The molecule has 5 rings (SSSR count). The van der Waals surface area contributed by atoms with Gasteiger partial charge in [0.1, 0.15) is 5.58 Å². The van der Waals surface area contributed by atoms with Crippen LogP contribution in [0.3, 0.4) is 0 Å². The number of esters is 1. The van der Waals surface area contributed by atoms with E-state index in [9.17, 15) is 19.5 Å². The number of anilines is 1. The molecule has 1 aliphatic heterocycles. The first-order valence-corrected chi connectivity index (χ1v) is 12.3. The van der Waals surface area contributed by atoms with E-state index in [2.05, 4.69) is 15.9 Å². The number of fused-ring (bicyclic) bond motifs is 1. The summed E-state index contributed by atoms with van der Waals surface area (Å²) in [7, 11) is 1.32. The van der Waals surface area contributed by atoms with Crippen molar-refractivity contribution in [3.05, 3.63) is 111 Å². The number of rotatable bonds is 6. The van der Waals surface area contributed by atoms with E-state index in [1.54, 1.807) is 42.5 Å². The van der Waals surface area contributed by atoms with Gasteiger partial charge in [0.05, 0.1) is 25.1 Å². The Kier molecular flexibility index (Phi) is 6.43. The van der Waals surface area contributed by atoms with E-state index >= 15 is 0 Å². The third kappa shape index (κ3) is 4.56. The number of benzene rings is 3. The van der Waals surface area contributed by atoms with Gasteiger partial charge >= 0.3 is 5.97 Å². The van der Waals surface area contributed by atoms with Gasteiger partial charge in [-0.25, -0.2) is 0 Å². The van der Waals surface area contributed by atoms with Gasteiger partial charge in [0.2, 0.25) is 5.78 Å². The molecular weight excluding hydrogens is 538 g/mol. The molecule has 2 heterocycles. The van der Waals surface area contributed by atoms with Crippen LogP contribution < -0.4 is 4.90 Å². The number of Topliss-reactive ketones (excluding diaryl/α,β-unsaturated/α-hetero) is 1. The van der Waals surface area contributed by atoms with Crippen LogP contribution in [-0.4, -0.2) is 29.9 Å². The Morgan fingerprint density at radius 1 is 1.05 bits per heavy atom. The van der Waals surface area contributed by atoms with Crippen molar-refractivity contribution in [3.63, 3.8) is 0 Å². The molecule has 1 aromatic heterocycles. The zero-order valence-corrected chi connectivity index (χ0v) is 21.6. The van der Waals surface area contributed by atoms with Crippen LogP contribution in [0.15, 0.2) is 93.0 Å². The quantitative estimate of drug-likeness (QED) is 0.230. The number of hydrogen-bond acceptors (Lipinski definition) is 6. The molecule has 1 amide bonds. The fraction of sp³-hybridized carbons (Fsp3) is 0.138. The number of amides is 1. The molecule has 0 saturated carbocycles. The van der Waals surface area contributed by atoms with Crippen molar-refractivity contribution in [2.75, 3.05) is 12.0 Å². The van der Waals surface area contributed by atoms with Crippen LogP contribution in [0.25, 0.3) is 11.0 Å². The Hall–Kier alpha value is -4.17. The lowest BCUT2D eigenvalue weighted by Crippen LogP contribution is -2.31. The summed E-state index contributed by atoms with van der Waals surface area (Å²) in [6, 6.07) is 20.3. The number of aliphatic hydroxyl groups excluding tert-OH is 1. The van der Waals surface area contributed by atoms with E-state index in [4.69, 9.17) is 9.15 Å². The average Bonchev–Trinajstić information content (AvgIpc) is 3.42. The second-order valence-corrected chi connectivity index (χ2v) is 9.71. The number of aliphatic hydroxyl groups is 1. The molecule has 1 atom stereocenters. The first kappa shape index (κ1) is 24.5. The summed E-state index contributed by atoms with van der Waals surface area (Å²) in [6.45, 7) is 1.91. The van der Waals surface area contributed by atoms with Gasteiger partial charge in [-0.3, -0.25) is 19.3 Å². The van der Waals surface area contributed by atoms with Crippen molar-refractivity contribution >= 4 is 50.2 Å². The van der Waals surface area contributed by atoms with Crippen molar-refractivity contribution in [1.82, 2.24) is 0 Å². The van der Waals surface area contributed by atoms with Crippen molar-refractivity contribution in [3.8, 4) is 0 Å². The molecule has 0 fully saturated rings. The lowest BCUT2D eigenvalue weighted by molar-refractivity contribution is -0.139. The van der Waals surface area contributed by atoms with Gasteiger partial charge < -0.3 is 14.3 Å². The molecule has 0 aliphatic carbocycles. The number of carbonyl (C=O) groups is 3. The minimum atomic E-state index is -0.883. The Labute approximate surface area is 221 Å². The molecule has 37 heavy (non-hydrogen) atoms. The lowest BCUT2D eigenvalue weighted by atomic mass is 9.93. The van der Waals surface area contributed by atoms with Crippen molar-refractivity contribution < 1.29 is 28.6 Å². The molecule has 186 valence electrons. The van der Waals surface area contributed by atoms with Crippen LogP contribution in [-0.2, 0) is 20.7 Å². The zero-order chi connectivity index (χ0) is 26.3. The van der Waals surface area contributed by atoms with Crippen molar-refractivity contribution in [1.29, 1.82) is 0 Å². The van der Waals surface area contributed by atoms with Gasteiger partial charge in [-0.2, -0.15) is 0 Å². The summed E-state index contributed by atoms with van der Waals surface area (Å²) >= 11 is 3.41. The summed E-state index contributed by atoms with van der Waals surface area (Å²) in [5.74, 6) is -2.26. The number of ether oxygens (including phenoxy) is 1. The normalized spacial score (nSPS) is 15.5. The number of nitrogens with zero attached hydrogens (tertiary/aromatic N) is 1. The van der Waals surface area contributed by atoms with Gasteiger partial charge in [0.15, 0.2) is 11.5 Å². The molecule has 1 N–H and O–H groups in total. The molecular formula is C29H22BrNO6. The number of methoxy groups -OCH3 is 1. The highest BCUT2D eigenvalue weighted by atomic mass is 79.9. The Bertz CT molecular complexity index is 1580. The molecule has 0 radical (unpaired) electrons.